The predicted octanol–water partition coefficient (Wildman–Crippen LogP) is 0.639. The lowest BCUT2D eigenvalue weighted by Gasteiger charge is -2.17. The second-order valence-electron chi connectivity index (χ2n) is 3.09. The van der Waals surface area contributed by atoms with E-state index in [-0.39, 0.29) is 6.10 Å². The molecule has 2 unspecified atom stereocenters. The number of hydrogen-bond donors (Lipinski definition) is 1. The number of aliphatic carboxylic acids is 1. The summed E-state index contributed by atoms with van der Waals surface area (Å²) in [6, 6.07) is 0. The van der Waals surface area contributed by atoms with Crippen molar-refractivity contribution in [2.75, 3.05) is 0 Å². The fourth-order valence-corrected chi connectivity index (χ4v) is 1.95. The van der Waals surface area contributed by atoms with Crippen molar-refractivity contribution in [3.05, 3.63) is 0 Å². The molecule has 1 heterocycles. The average Bonchev–Trinajstić information content (AvgIpc) is 2.44. The van der Waals surface area contributed by atoms with Gasteiger partial charge in [0.25, 0.3) is 0 Å². The molecule has 0 radical (unpaired) electrons. The Labute approximate surface area is 59.0 Å². The highest BCUT2D eigenvalue weighted by molar-refractivity contribution is 5.73. The Morgan fingerprint density at radius 1 is 1.50 bits per heavy atom. The first-order chi connectivity index (χ1) is 4.77. The molecule has 3 nitrogen and oxygen atoms in total. The number of ether oxygens (including phenoxy) is 1. The molecule has 2 bridgehead atoms. The summed E-state index contributed by atoms with van der Waals surface area (Å²) in [6.07, 6.45) is 2.84. The highest BCUT2D eigenvalue weighted by Gasteiger charge is 2.44. The molecule has 0 aromatic carbocycles. The van der Waals surface area contributed by atoms with Gasteiger partial charge >= 0.3 is 5.97 Å². The molecule has 1 saturated heterocycles. The highest BCUT2D eigenvalue weighted by atomic mass is 16.5. The van der Waals surface area contributed by atoms with Gasteiger partial charge < -0.3 is 9.84 Å². The minimum absolute atomic E-state index is 0.256. The van der Waals surface area contributed by atoms with Crippen LogP contribution in [-0.2, 0) is 9.53 Å². The third kappa shape index (κ3) is 0.736. The number of carboxylic acid groups (broad SMARTS) is 1. The minimum Gasteiger partial charge on any atom is -0.479 e. The molecule has 0 amide bonds. The van der Waals surface area contributed by atoms with Crippen molar-refractivity contribution in [3.8, 4) is 0 Å². The van der Waals surface area contributed by atoms with Gasteiger partial charge in [0.1, 0.15) is 0 Å². The molecule has 56 valence electrons. The van der Waals surface area contributed by atoms with Crippen LogP contribution in [0.1, 0.15) is 19.3 Å². The van der Waals surface area contributed by atoms with E-state index in [0.29, 0.717) is 5.92 Å². The van der Waals surface area contributed by atoms with Crippen LogP contribution < -0.4 is 0 Å². The third-order valence-electron chi connectivity index (χ3n) is 2.44. The minimum atomic E-state index is -0.785. The Morgan fingerprint density at radius 2 is 2.30 bits per heavy atom. The van der Waals surface area contributed by atoms with E-state index in [9.17, 15) is 4.79 Å². The van der Waals surface area contributed by atoms with Gasteiger partial charge in [0.05, 0.1) is 6.10 Å². The zero-order valence-electron chi connectivity index (χ0n) is 5.62. The van der Waals surface area contributed by atoms with E-state index in [2.05, 4.69) is 0 Å². The fraction of sp³-hybridized carbons (Fsp3) is 0.857. The molecule has 1 aliphatic carbocycles. The molecule has 2 fully saturated rings. The molecule has 0 spiro atoms. The third-order valence-corrected chi connectivity index (χ3v) is 2.44. The van der Waals surface area contributed by atoms with E-state index in [1.54, 1.807) is 0 Å². The lowest BCUT2D eigenvalue weighted by atomic mass is 10.0. The van der Waals surface area contributed by atoms with Gasteiger partial charge in [-0.1, -0.05) is 0 Å². The van der Waals surface area contributed by atoms with Gasteiger partial charge in [0, 0.05) is 0 Å². The van der Waals surface area contributed by atoms with Gasteiger partial charge in [0.2, 0.25) is 0 Å². The van der Waals surface area contributed by atoms with Crippen molar-refractivity contribution in [2.45, 2.75) is 31.5 Å². The fourth-order valence-electron chi connectivity index (χ4n) is 1.95. The normalized spacial score (nSPS) is 44.2. The molecule has 0 aromatic heterocycles. The van der Waals surface area contributed by atoms with Crippen molar-refractivity contribution in [3.63, 3.8) is 0 Å². The smallest absolute Gasteiger partial charge is 0.333 e. The maximum absolute atomic E-state index is 10.5. The van der Waals surface area contributed by atoms with Crippen molar-refractivity contribution < 1.29 is 14.6 Å². The molecule has 3 heteroatoms. The van der Waals surface area contributed by atoms with Crippen LogP contribution in [0.15, 0.2) is 0 Å². The largest absolute Gasteiger partial charge is 0.479 e. The van der Waals surface area contributed by atoms with Crippen LogP contribution >= 0.6 is 0 Å². The first-order valence-corrected chi connectivity index (χ1v) is 3.65. The molecule has 1 N–H and O–H groups in total. The highest BCUT2D eigenvalue weighted by Crippen LogP contribution is 2.39. The Kier molecular flexibility index (Phi) is 1.20. The summed E-state index contributed by atoms with van der Waals surface area (Å²) < 4.78 is 5.22. The summed E-state index contributed by atoms with van der Waals surface area (Å²) in [4.78, 5) is 10.5. The van der Waals surface area contributed by atoms with E-state index >= 15 is 0 Å². The number of carboxylic acids is 1. The Balaban J connectivity index is 2.08. The molecule has 1 saturated carbocycles. The van der Waals surface area contributed by atoms with Crippen LogP contribution in [0.5, 0.6) is 0 Å². The van der Waals surface area contributed by atoms with Crippen LogP contribution in [0.2, 0.25) is 0 Å². The zero-order chi connectivity index (χ0) is 7.14. The number of carbonyl (C=O) groups is 1. The zero-order valence-corrected chi connectivity index (χ0v) is 5.62. The summed E-state index contributed by atoms with van der Waals surface area (Å²) >= 11 is 0. The monoisotopic (exact) mass is 142 g/mol. The van der Waals surface area contributed by atoms with E-state index in [1.807, 2.05) is 0 Å². The van der Waals surface area contributed by atoms with Gasteiger partial charge in [0.15, 0.2) is 6.10 Å². The summed E-state index contributed by atoms with van der Waals surface area (Å²) in [7, 11) is 0. The van der Waals surface area contributed by atoms with Gasteiger partial charge in [-0.05, 0) is 25.2 Å². The van der Waals surface area contributed by atoms with Crippen LogP contribution in [0.4, 0.5) is 0 Å². The van der Waals surface area contributed by atoms with Crippen LogP contribution in [0, 0.1) is 5.92 Å². The van der Waals surface area contributed by atoms with E-state index in [1.165, 1.54) is 0 Å². The number of fused-ring (bicyclic) bond motifs is 2. The lowest BCUT2D eigenvalue weighted by molar-refractivity contribution is -0.153. The Bertz CT molecular complexity index is 166. The predicted molar refractivity (Wildman–Crippen MR) is 33.6 cm³/mol. The van der Waals surface area contributed by atoms with Gasteiger partial charge in [-0.2, -0.15) is 0 Å². The van der Waals surface area contributed by atoms with E-state index in [4.69, 9.17) is 9.84 Å². The molecule has 1 aliphatic heterocycles. The second-order valence-corrected chi connectivity index (χ2v) is 3.09. The topological polar surface area (TPSA) is 46.5 Å². The first-order valence-electron chi connectivity index (χ1n) is 3.65. The van der Waals surface area contributed by atoms with Crippen molar-refractivity contribution in [1.29, 1.82) is 0 Å². The maximum atomic E-state index is 10.5. The molecule has 0 aromatic rings. The molecule has 3 atom stereocenters. The Hall–Kier alpha value is -0.570. The molecule has 2 rings (SSSR count). The summed E-state index contributed by atoms with van der Waals surface area (Å²) in [5, 5.41) is 8.61. The standard InChI is InChI=1S/C7H10O3/c8-7(9)6-4-1-2-5(3-4)10-6/h4-6H,1-3H2,(H,8,9)/t4-,5?,6?/m1/s1. The lowest BCUT2D eigenvalue weighted by Crippen LogP contribution is -2.29. The van der Waals surface area contributed by atoms with Crippen LogP contribution in [-0.4, -0.2) is 23.3 Å². The summed E-state index contributed by atoms with van der Waals surface area (Å²) in [5.74, 6) is -0.477. The van der Waals surface area contributed by atoms with Crippen molar-refractivity contribution in [1.82, 2.24) is 0 Å². The van der Waals surface area contributed by atoms with E-state index < -0.39 is 12.1 Å². The van der Waals surface area contributed by atoms with Gasteiger partial charge in [-0.15, -0.1) is 0 Å². The second kappa shape index (κ2) is 1.95. The quantitative estimate of drug-likeness (QED) is 0.584. The van der Waals surface area contributed by atoms with Gasteiger partial charge in [-0.25, -0.2) is 4.79 Å². The average molecular weight is 142 g/mol. The van der Waals surface area contributed by atoms with Crippen LogP contribution in [0.25, 0.3) is 0 Å². The number of rotatable bonds is 1. The molecule has 2 aliphatic rings. The molecule has 10 heavy (non-hydrogen) atoms. The van der Waals surface area contributed by atoms with Crippen molar-refractivity contribution in [2.24, 2.45) is 5.92 Å². The van der Waals surface area contributed by atoms with Crippen LogP contribution in [0.3, 0.4) is 0 Å². The summed E-state index contributed by atoms with van der Waals surface area (Å²) in [6.45, 7) is 0. The SMILES string of the molecule is O=C(O)C1OC2CC[C@@H]1C2. The first kappa shape index (κ1) is 6.16. The maximum Gasteiger partial charge on any atom is 0.333 e. The molecular weight excluding hydrogens is 132 g/mol. The van der Waals surface area contributed by atoms with E-state index in [0.717, 1.165) is 19.3 Å². The van der Waals surface area contributed by atoms with Gasteiger partial charge in [-0.3, -0.25) is 0 Å². The summed E-state index contributed by atoms with van der Waals surface area (Å²) in [5.41, 5.74) is 0. The Morgan fingerprint density at radius 3 is 2.60 bits per heavy atom. The van der Waals surface area contributed by atoms with Crippen molar-refractivity contribution >= 4 is 5.97 Å². The molecular formula is C7H10O3. The number of hydrogen-bond acceptors (Lipinski definition) is 2.